The van der Waals surface area contributed by atoms with E-state index in [1.165, 1.54) is 6.07 Å². The quantitative estimate of drug-likeness (QED) is 0.828. The van der Waals surface area contributed by atoms with Gasteiger partial charge >= 0.3 is 12.3 Å². The standard InChI is InChI=1S/C12H8Cl2F3N3O3/c1-2-22-11(21)10-9(18-20-19-10)5-3-6(13)8(14)7(4-5)23-12(15,16)17/h3-4H,2H2,1H3,(H,18,19,20). The van der Waals surface area contributed by atoms with Gasteiger partial charge in [0.2, 0.25) is 0 Å². The van der Waals surface area contributed by atoms with Crippen molar-refractivity contribution in [3.63, 3.8) is 0 Å². The van der Waals surface area contributed by atoms with Crippen molar-refractivity contribution in [1.29, 1.82) is 0 Å². The molecule has 0 aliphatic rings. The van der Waals surface area contributed by atoms with Crippen LogP contribution in [0.2, 0.25) is 10.0 Å². The minimum atomic E-state index is -4.96. The van der Waals surface area contributed by atoms with Crippen LogP contribution in [0.1, 0.15) is 17.4 Å². The summed E-state index contributed by atoms with van der Waals surface area (Å²) in [6.07, 6.45) is -4.96. The number of carbonyl (C=O) groups excluding carboxylic acids is 1. The molecular formula is C12H8Cl2F3N3O3. The molecule has 2 aromatic rings. The van der Waals surface area contributed by atoms with Crippen LogP contribution in [0.15, 0.2) is 12.1 Å². The number of aromatic nitrogens is 3. The van der Waals surface area contributed by atoms with Gasteiger partial charge in [0.25, 0.3) is 0 Å². The molecule has 0 amide bonds. The minimum Gasteiger partial charge on any atom is -0.461 e. The van der Waals surface area contributed by atoms with Crippen LogP contribution in [0, 0.1) is 0 Å². The van der Waals surface area contributed by atoms with Crippen LogP contribution in [-0.4, -0.2) is 34.3 Å². The van der Waals surface area contributed by atoms with Crippen molar-refractivity contribution >= 4 is 29.2 Å². The summed E-state index contributed by atoms with van der Waals surface area (Å²) in [5, 5.41) is 8.91. The third-order valence-electron chi connectivity index (χ3n) is 2.51. The van der Waals surface area contributed by atoms with Crippen LogP contribution in [-0.2, 0) is 4.74 Å². The van der Waals surface area contributed by atoms with Gasteiger partial charge in [0.05, 0.1) is 11.6 Å². The smallest absolute Gasteiger partial charge is 0.461 e. The van der Waals surface area contributed by atoms with Gasteiger partial charge < -0.3 is 9.47 Å². The number of H-pyrrole nitrogens is 1. The second kappa shape index (κ2) is 6.63. The summed E-state index contributed by atoms with van der Waals surface area (Å²) in [4.78, 5) is 11.8. The SMILES string of the molecule is CCOC(=O)c1n[nH]nc1-c1cc(Cl)c(Cl)c(OC(F)(F)F)c1. The number of esters is 1. The molecule has 11 heteroatoms. The lowest BCUT2D eigenvalue weighted by molar-refractivity contribution is -0.274. The monoisotopic (exact) mass is 369 g/mol. The molecule has 0 aliphatic carbocycles. The van der Waals surface area contributed by atoms with E-state index in [0.29, 0.717) is 0 Å². The zero-order chi connectivity index (χ0) is 17.2. The Kier molecular flexibility index (Phi) is 5.00. The summed E-state index contributed by atoms with van der Waals surface area (Å²) >= 11 is 11.5. The number of ether oxygens (including phenoxy) is 2. The van der Waals surface area contributed by atoms with Crippen LogP contribution in [0.3, 0.4) is 0 Å². The van der Waals surface area contributed by atoms with E-state index in [1.54, 1.807) is 6.92 Å². The fourth-order valence-electron chi connectivity index (χ4n) is 1.67. The van der Waals surface area contributed by atoms with E-state index in [0.717, 1.165) is 6.07 Å². The van der Waals surface area contributed by atoms with Crippen LogP contribution >= 0.6 is 23.2 Å². The number of aromatic amines is 1. The van der Waals surface area contributed by atoms with E-state index >= 15 is 0 Å². The van der Waals surface area contributed by atoms with Crippen molar-refractivity contribution in [2.75, 3.05) is 6.61 Å². The first-order valence-electron chi connectivity index (χ1n) is 6.06. The molecule has 0 fully saturated rings. The van der Waals surface area contributed by atoms with Crippen LogP contribution in [0.4, 0.5) is 13.2 Å². The molecule has 124 valence electrons. The first-order chi connectivity index (χ1) is 10.7. The molecule has 6 nitrogen and oxygen atoms in total. The van der Waals surface area contributed by atoms with E-state index in [-0.39, 0.29) is 28.6 Å². The molecule has 23 heavy (non-hydrogen) atoms. The minimum absolute atomic E-state index is 0.0472. The molecular weight excluding hydrogens is 362 g/mol. The number of nitrogens with zero attached hydrogens (tertiary/aromatic N) is 2. The number of hydrogen-bond donors (Lipinski definition) is 1. The van der Waals surface area contributed by atoms with E-state index < -0.39 is 23.1 Å². The summed E-state index contributed by atoms with van der Waals surface area (Å²) in [6.45, 7) is 1.68. The Morgan fingerprint density at radius 1 is 1.30 bits per heavy atom. The number of hydrogen-bond acceptors (Lipinski definition) is 5. The maximum Gasteiger partial charge on any atom is 0.573 e. The molecule has 2 rings (SSSR count). The predicted molar refractivity (Wildman–Crippen MR) is 74.5 cm³/mol. The molecule has 0 unspecified atom stereocenters. The Morgan fingerprint density at radius 2 is 2.00 bits per heavy atom. The zero-order valence-electron chi connectivity index (χ0n) is 11.4. The predicted octanol–water partition coefficient (Wildman–Crippen LogP) is 3.85. The van der Waals surface area contributed by atoms with Crippen molar-refractivity contribution in [3.8, 4) is 17.0 Å². The molecule has 0 bridgehead atoms. The van der Waals surface area contributed by atoms with Gasteiger partial charge in [-0.25, -0.2) is 4.79 Å². The maximum atomic E-state index is 12.4. The Morgan fingerprint density at radius 3 is 2.61 bits per heavy atom. The fraction of sp³-hybridized carbons (Fsp3) is 0.250. The maximum absolute atomic E-state index is 12.4. The highest BCUT2D eigenvalue weighted by atomic mass is 35.5. The second-order valence-electron chi connectivity index (χ2n) is 4.06. The summed E-state index contributed by atoms with van der Waals surface area (Å²) < 4.78 is 45.8. The van der Waals surface area contributed by atoms with Gasteiger partial charge in [0.15, 0.2) is 5.69 Å². The first kappa shape index (κ1) is 17.4. The van der Waals surface area contributed by atoms with Gasteiger partial charge in [-0.2, -0.15) is 10.3 Å². The normalized spacial score (nSPS) is 11.4. The van der Waals surface area contributed by atoms with Gasteiger partial charge in [-0.05, 0) is 19.1 Å². The summed E-state index contributed by atoms with van der Waals surface area (Å²) in [6, 6.07) is 2.18. The number of alkyl halides is 3. The number of rotatable bonds is 4. The zero-order valence-corrected chi connectivity index (χ0v) is 12.9. The molecule has 1 aromatic heterocycles. The highest BCUT2D eigenvalue weighted by Gasteiger charge is 2.33. The average molecular weight is 370 g/mol. The lowest BCUT2D eigenvalue weighted by Crippen LogP contribution is -2.17. The largest absolute Gasteiger partial charge is 0.573 e. The van der Waals surface area contributed by atoms with Gasteiger partial charge in [0.1, 0.15) is 16.5 Å². The highest BCUT2D eigenvalue weighted by Crippen LogP contribution is 2.39. The van der Waals surface area contributed by atoms with Crippen LogP contribution in [0.25, 0.3) is 11.3 Å². The molecule has 0 saturated carbocycles. The topological polar surface area (TPSA) is 77.1 Å². The van der Waals surface area contributed by atoms with Crippen molar-refractivity contribution in [2.45, 2.75) is 13.3 Å². The number of benzene rings is 1. The van der Waals surface area contributed by atoms with E-state index in [2.05, 4.69) is 20.1 Å². The van der Waals surface area contributed by atoms with Gasteiger partial charge in [-0.15, -0.1) is 18.3 Å². The Balaban J connectivity index is 2.49. The Bertz CT molecular complexity index is 734. The van der Waals surface area contributed by atoms with Crippen LogP contribution in [0.5, 0.6) is 5.75 Å². The Hall–Kier alpha value is -2.00. The van der Waals surface area contributed by atoms with Gasteiger partial charge in [-0.3, -0.25) is 0 Å². The van der Waals surface area contributed by atoms with Crippen molar-refractivity contribution in [1.82, 2.24) is 15.4 Å². The van der Waals surface area contributed by atoms with Gasteiger partial charge in [-0.1, -0.05) is 23.2 Å². The molecule has 1 heterocycles. The van der Waals surface area contributed by atoms with Crippen LogP contribution < -0.4 is 4.74 Å². The van der Waals surface area contributed by atoms with Gasteiger partial charge in [0, 0.05) is 5.56 Å². The highest BCUT2D eigenvalue weighted by molar-refractivity contribution is 6.43. The molecule has 0 atom stereocenters. The van der Waals surface area contributed by atoms with E-state index in [4.69, 9.17) is 27.9 Å². The summed E-state index contributed by atoms with van der Waals surface area (Å²) in [5.74, 6) is -1.51. The van der Waals surface area contributed by atoms with E-state index in [1.807, 2.05) is 0 Å². The van der Waals surface area contributed by atoms with Crippen molar-refractivity contribution in [2.24, 2.45) is 0 Å². The number of nitrogens with one attached hydrogen (secondary N) is 1. The lowest BCUT2D eigenvalue weighted by atomic mass is 10.1. The third kappa shape index (κ3) is 4.05. The number of halogens is 5. The third-order valence-corrected chi connectivity index (χ3v) is 3.30. The molecule has 1 aromatic carbocycles. The molecule has 0 spiro atoms. The molecule has 0 radical (unpaired) electrons. The molecule has 0 saturated heterocycles. The van der Waals surface area contributed by atoms with Crippen molar-refractivity contribution in [3.05, 3.63) is 27.9 Å². The second-order valence-corrected chi connectivity index (χ2v) is 4.84. The van der Waals surface area contributed by atoms with Crippen molar-refractivity contribution < 1.29 is 27.4 Å². The summed E-state index contributed by atoms with van der Waals surface area (Å²) in [7, 11) is 0. The molecule has 1 N–H and O–H groups in total. The number of carbonyl (C=O) groups is 1. The average Bonchev–Trinajstić information content (AvgIpc) is 2.92. The first-order valence-corrected chi connectivity index (χ1v) is 6.81. The van der Waals surface area contributed by atoms with E-state index in [9.17, 15) is 18.0 Å². The molecule has 0 aliphatic heterocycles. The fourth-order valence-corrected chi connectivity index (χ4v) is 2.03. The lowest BCUT2D eigenvalue weighted by Gasteiger charge is -2.12. The summed E-state index contributed by atoms with van der Waals surface area (Å²) in [5.41, 5.74) is -0.201. The Labute approximate surface area is 137 Å².